The monoisotopic (exact) mass is 317 g/mol. The molecule has 128 valence electrons. The van der Waals surface area contributed by atoms with Gasteiger partial charge in [0.2, 0.25) is 0 Å². The molecule has 2 bridgehead atoms. The maximum Gasteiger partial charge on any atom is 0.119 e. The van der Waals surface area contributed by atoms with Crippen molar-refractivity contribution in [2.75, 3.05) is 27.3 Å². The molecule has 2 fully saturated rings. The van der Waals surface area contributed by atoms with Gasteiger partial charge in [-0.15, -0.1) is 0 Å². The number of fused-ring (bicyclic) bond motifs is 1. The number of aliphatic hydroxyl groups excluding tert-OH is 1. The van der Waals surface area contributed by atoms with E-state index in [0.29, 0.717) is 5.41 Å². The number of likely N-dealkylation sites (tertiary alicyclic amines) is 1. The van der Waals surface area contributed by atoms with Crippen molar-refractivity contribution in [3.63, 3.8) is 0 Å². The molecule has 3 heteroatoms. The van der Waals surface area contributed by atoms with E-state index in [1.54, 1.807) is 25.2 Å². The summed E-state index contributed by atoms with van der Waals surface area (Å²) in [4.78, 5) is 2.63. The van der Waals surface area contributed by atoms with Crippen LogP contribution in [0.2, 0.25) is 0 Å². The Bertz CT molecular complexity index is 544. The molecule has 1 N–H and O–H groups in total. The zero-order chi connectivity index (χ0) is 16.4. The molecule has 3 nitrogen and oxygen atoms in total. The van der Waals surface area contributed by atoms with Gasteiger partial charge in [-0.3, -0.25) is 0 Å². The molecule has 2 aliphatic carbocycles. The molecule has 1 aromatic carbocycles. The molecule has 0 unspecified atom stereocenters. The molecular weight excluding hydrogens is 286 g/mol. The zero-order valence-electron chi connectivity index (χ0n) is 14.8. The number of likely N-dealkylation sites (N-methyl/N-ethyl adjacent to an activating group) is 1. The van der Waals surface area contributed by atoms with Crippen LogP contribution in [0.1, 0.15) is 50.2 Å². The summed E-state index contributed by atoms with van der Waals surface area (Å²) in [5.74, 6) is 1.91. The van der Waals surface area contributed by atoms with Gasteiger partial charge in [-0.1, -0.05) is 18.9 Å². The second-order valence-electron chi connectivity index (χ2n) is 7.35. The Balaban J connectivity index is 0.000000485. The molecule has 3 atom stereocenters. The van der Waals surface area contributed by atoms with Gasteiger partial charge >= 0.3 is 0 Å². The minimum absolute atomic E-state index is 0.250. The molecule has 1 saturated heterocycles. The highest BCUT2D eigenvalue weighted by molar-refractivity contribution is 5.45. The maximum atomic E-state index is 7.57. The number of hydrogen-bond acceptors (Lipinski definition) is 3. The van der Waals surface area contributed by atoms with Crippen LogP contribution >= 0.6 is 0 Å². The van der Waals surface area contributed by atoms with E-state index in [2.05, 4.69) is 30.1 Å². The van der Waals surface area contributed by atoms with Crippen molar-refractivity contribution in [1.29, 1.82) is 0 Å². The fraction of sp³-hybridized carbons (Fsp3) is 0.700. The van der Waals surface area contributed by atoms with Crippen molar-refractivity contribution in [3.05, 3.63) is 29.3 Å². The van der Waals surface area contributed by atoms with Gasteiger partial charge < -0.3 is 14.7 Å². The van der Waals surface area contributed by atoms with Crippen molar-refractivity contribution in [3.8, 4) is 5.75 Å². The number of rotatable bonds is 1. The Hall–Kier alpha value is -1.06. The van der Waals surface area contributed by atoms with Gasteiger partial charge in [-0.05, 0) is 75.4 Å². The third-order valence-electron chi connectivity index (χ3n) is 6.32. The van der Waals surface area contributed by atoms with E-state index < -0.39 is 0 Å². The highest BCUT2D eigenvalue weighted by Gasteiger charge is 2.53. The number of benzene rings is 1. The molecule has 4 rings (SSSR count). The first kappa shape index (κ1) is 16.8. The third kappa shape index (κ3) is 2.78. The summed E-state index contributed by atoms with van der Waals surface area (Å²) < 4.78 is 5.51. The van der Waals surface area contributed by atoms with Crippen LogP contribution in [-0.4, -0.2) is 43.4 Å². The molecule has 3 aliphatic rings. The topological polar surface area (TPSA) is 32.7 Å². The van der Waals surface area contributed by atoms with Crippen molar-refractivity contribution in [2.24, 2.45) is 5.92 Å². The Morgan fingerprint density at radius 2 is 2.09 bits per heavy atom. The number of piperidine rings is 1. The molecule has 1 heterocycles. The second kappa shape index (κ2) is 6.82. The average Bonchev–Trinajstić information content (AvgIpc) is 2.58. The summed E-state index contributed by atoms with van der Waals surface area (Å²) in [5, 5.41) is 7.57. The number of aliphatic hydroxyl groups is 1. The number of hydrogen-bond donors (Lipinski definition) is 1. The molecule has 0 aromatic heterocycles. The van der Waals surface area contributed by atoms with Gasteiger partial charge in [-0.2, -0.15) is 0 Å². The van der Waals surface area contributed by atoms with Crippen LogP contribution in [0.4, 0.5) is 0 Å². The number of nitrogens with zero attached hydrogens (tertiary/aromatic N) is 1. The molecule has 0 radical (unpaired) electrons. The second-order valence-corrected chi connectivity index (χ2v) is 7.35. The van der Waals surface area contributed by atoms with Crippen LogP contribution in [0.3, 0.4) is 0 Å². The molecule has 1 aliphatic heterocycles. The zero-order valence-corrected chi connectivity index (χ0v) is 14.8. The highest BCUT2D eigenvalue weighted by Crippen LogP contribution is 2.55. The summed E-state index contributed by atoms with van der Waals surface area (Å²) in [6.07, 6.45) is 8.22. The van der Waals surface area contributed by atoms with E-state index in [1.807, 2.05) is 0 Å². The molecule has 0 amide bonds. The van der Waals surface area contributed by atoms with Crippen molar-refractivity contribution >= 4 is 0 Å². The summed E-state index contributed by atoms with van der Waals surface area (Å²) in [6, 6.07) is 7.60. The van der Waals surface area contributed by atoms with E-state index in [0.717, 1.165) is 17.7 Å². The van der Waals surface area contributed by atoms with Crippen LogP contribution in [0, 0.1) is 5.92 Å². The SMILES string of the molecule is CCO.COc1ccc2c(c1)[C@]13CCCC[C@@H]1[C@H](C2)N(C)CC3. The standard InChI is InChI=1S/C18H25NO.C2H6O/c1-19-10-9-18-8-4-3-5-15(18)17(19)11-13-6-7-14(20-2)12-16(13)18;1-2-3/h6-7,12,15,17H,3-5,8-11H2,1-2H3;3H,2H2,1H3/t15-,17+,18+;/m1./s1. The minimum Gasteiger partial charge on any atom is -0.497 e. The van der Waals surface area contributed by atoms with E-state index in [1.165, 1.54) is 45.1 Å². The quantitative estimate of drug-likeness (QED) is 0.862. The van der Waals surface area contributed by atoms with Gasteiger partial charge in [0.15, 0.2) is 0 Å². The van der Waals surface area contributed by atoms with Crippen LogP contribution in [0.15, 0.2) is 18.2 Å². The predicted octanol–water partition coefficient (Wildman–Crippen LogP) is 3.38. The van der Waals surface area contributed by atoms with Gasteiger partial charge in [0.05, 0.1) is 7.11 Å². The summed E-state index contributed by atoms with van der Waals surface area (Å²) in [7, 11) is 4.12. The van der Waals surface area contributed by atoms with Gasteiger partial charge in [0.1, 0.15) is 5.75 Å². The average molecular weight is 317 g/mol. The first-order chi connectivity index (χ1) is 11.2. The molecule has 0 spiro atoms. The normalized spacial score (nSPS) is 32.2. The van der Waals surface area contributed by atoms with Crippen molar-refractivity contribution < 1.29 is 9.84 Å². The first-order valence-corrected chi connectivity index (χ1v) is 9.14. The number of ether oxygens (including phenoxy) is 1. The largest absolute Gasteiger partial charge is 0.497 e. The molecular formula is C20H31NO2. The van der Waals surface area contributed by atoms with Crippen LogP contribution in [0.25, 0.3) is 0 Å². The van der Waals surface area contributed by atoms with Gasteiger partial charge in [-0.25, -0.2) is 0 Å². The molecule has 23 heavy (non-hydrogen) atoms. The van der Waals surface area contributed by atoms with Crippen molar-refractivity contribution in [1.82, 2.24) is 4.90 Å². The van der Waals surface area contributed by atoms with Crippen LogP contribution in [-0.2, 0) is 11.8 Å². The predicted molar refractivity (Wildman–Crippen MR) is 94.1 cm³/mol. The van der Waals surface area contributed by atoms with Gasteiger partial charge in [0.25, 0.3) is 0 Å². The Kier molecular flexibility index (Phi) is 4.98. The Morgan fingerprint density at radius 1 is 1.30 bits per heavy atom. The van der Waals surface area contributed by atoms with E-state index >= 15 is 0 Å². The third-order valence-corrected chi connectivity index (χ3v) is 6.32. The lowest BCUT2D eigenvalue weighted by molar-refractivity contribution is 0.00274. The van der Waals surface area contributed by atoms with Crippen LogP contribution < -0.4 is 4.74 Å². The molecule has 1 saturated carbocycles. The fourth-order valence-corrected chi connectivity index (χ4v) is 5.30. The summed E-state index contributed by atoms with van der Waals surface area (Å²) >= 11 is 0. The van der Waals surface area contributed by atoms with E-state index in [4.69, 9.17) is 9.84 Å². The van der Waals surface area contributed by atoms with E-state index in [-0.39, 0.29) is 6.61 Å². The van der Waals surface area contributed by atoms with E-state index in [9.17, 15) is 0 Å². The Labute approximate surface area is 140 Å². The Morgan fingerprint density at radius 3 is 2.83 bits per heavy atom. The summed E-state index contributed by atoms with van der Waals surface area (Å²) in [6.45, 7) is 3.19. The highest BCUT2D eigenvalue weighted by atomic mass is 16.5. The first-order valence-electron chi connectivity index (χ1n) is 9.14. The van der Waals surface area contributed by atoms with Crippen molar-refractivity contribution in [2.45, 2.75) is 56.9 Å². The fourth-order valence-electron chi connectivity index (χ4n) is 5.30. The number of methoxy groups -OCH3 is 1. The lowest BCUT2D eigenvalue weighted by atomic mass is 9.52. The van der Waals surface area contributed by atoms with Crippen LogP contribution in [0.5, 0.6) is 5.75 Å². The minimum atomic E-state index is 0.250. The lowest BCUT2D eigenvalue weighted by Gasteiger charge is -2.58. The molecule has 1 aromatic rings. The lowest BCUT2D eigenvalue weighted by Crippen LogP contribution is -2.59. The maximum absolute atomic E-state index is 7.57. The summed E-state index contributed by atoms with van der Waals surface area (Å²) in [5.41, 5.74) is 3.67. The smallest absolute Gasteiger partial charge is 0.119 e. The van der Waals surface area contributed by atoms with Gasteiger partial charge in [0, 0.05) is 18.1 Å².